The lowest BCUT2D eigenvalue weighted by atomic mass is 9.86. The van der Waals surface area contributed by atoms with Gasteiger partial charge in [-0.15, -0.1) is 11.3 Å². The maximum Gasteiger partial charge on any atom is 0.187 e. The van der Waals surface area contributed by atoms with E-state index in [2.05, 4.69) is 37.1 Å². The zero-order valence-corrected chi connectivity index (χ0v) is 12.5. The molecule has 4 heteroatoms. The molecule has 1 aromatic heterocycles. The monoisotopic (exact) mass is 274 g/mol. The van der Waals surface area contributed by atoms with Crippen LogP contribution in [0.1, 0.15) is 43.7 Å². The molecule has 1 heterocycles. The predicted octanol–water partition coefficient (Wildman–Crippen LogP) is 4.39. The molecule has 0 saturated heterocycles. The Morgan fingerprint density at radius 2 is 1.95 bits per heavy atom. The van der Waals surface area contributed by atoms with Crippen LogP contribution in [0.25, 0.3) is 0 Å². The fraction of sp³-hybridized carbons (Fsp3) is 0.333. The number of ketones is 1. The second-order valence-corrected chi connectivity index (χ2v) is 6.37. The van der Waals surface area contributed by atoms with Crippen LogP contribution in [0.15, 0.2) is 29.6 Å². The Morgan fingerprint density at radius 1 is 1.26 bits per heavy atom. The molecule has 0 unspecified atom stereocenters. The second kappa shape index (κ2) is 5.13. The summed E-state index contributed by atoms with van der Waals surface area (Å²) in [5, 5.41) is 5.84. The molecule has 1 aromatic carbocycles. The number of Topliss-reactive ketones (excluding diaryl/α,β-unsaturated/α-hetero) is 1. The number of carbonyl (C=O) groups is 1. The molecular weight excluding hydrogens is 256 g/mol. The molecule has 0 atom stereocenters. The molecule has 0 aliphatic heterocycles. The van der Waals surface area contributed by atoms with E-state index in [0.29, 0.717) is 5.69 Å². The van der Waals surface area contributed by atoms with Crippen LogP contribution < -0.4 is 5.32 Å². The standard InChI is InChI=1S/C15H18N2OS/c1-10(18)13-9-19-14(17-13)16-12-8-6-5-7-11(12)15(2,3)4/h5-9H,1-4H3,(H,16,17). The van der Waals surface area contributed by atoms with E-state index in [-0.39, 0.29) is 11.2 Å². The molecular formula is C15H18N2OS. The van der Waals surface area contributed by atoms with Gasteiger partial charge in [0.15, 0.2) is 10.9 Å². The van der Waals surface area contributed by atoms with Crippen molar-refractivity contribution in [2.75, 3.05) is 5.32 Å². The van der Waals surface area contributed by atoms with Crippen molar-refractivity contribution in [3.8, 4) is 0 Å². The van der Waals surface area contributed by atoms with E-state index in [9.17, 15) is 4.79 Å². The summed E-state index contributed by atoms with van der Waals surface area (Å²) in [5.41, 5.74) is 2.85. The summed E-state index contributed by atoms with van der Waals surface area (Å²) in [5.74, 6) is -0.00611. The maximum atomic E-state index is 11.3. The van der Waals surface area contributed by atoms with Gasteiger partial charge in [-0.2, -0.15) is 0 Å². The highest BCUT2D eigenvalue weighted by atomic mass is 32.1. The number of anilines is 2. The fourth-order valence-corrected chi connectivity index (χ4v) is 2.62. The van der Waals surface area contributed by atoms with E-state index in [4.69, 9.17) is 0 Å². The van der Waals surface area contributed by atoms with Crippen molar-refractivity contribution < 1.29 is 4.79 Å². The summed E-state index contributed by atoms with van der Waals surface area (Å²) < 4.78 is 0. The van der Waals surface area contributed by atoms with Crippen LogP contribution in [-0.4, -0.2) is 10.8 Å². The van der Waals surface area contributed by atoms with E-state index in [1.165, 1.54) is 23.8 Å². The number of hydrogen-bond donors (Lipinski definition) is 1. The normalized spacial score (nSPS) is 11.4. The van der Waals surface area contributed by atoms with Gasteiger partial charge < -0.3 is 5.32 Å². The topological polar surface area (TPSA) is 42.0 Å². The van der Waals surface area contributed by atoms with Crippen LogP contribution in [0, 0.1) is 0 Å². The number of hydrogen-bond acceptors (Lipinski definition) is 4. The quantitative estimate of drug-likeness (QED) is 0.844. The first-order valence-electron chi connectivity index (χ1n) is 6.21. The molecule has 0 bridgehead atoms. The summed E-state index contributed by atoms with van der Waals surface area (Å²) >= 11 is 1.45. The highest BCUT2D eigenvalue weighted by Crippen LogP contribution is 2.32. The minimum Gasteiger partial charge on any atom is -0.331 e. The zero-order chi connectivity index (χ0) is 14.0. The van der Waals surface area contributed by atoms with Crippen LogP contribution in [0.5, 0.6) is 0 Å². The molecule has 0 aliphatic carbocycles. The minimum atomic E-state index is -0.00611. The van der Waals surface area contributed by atoms with Crippen LogP contribution in [-0.2, 0) is 5.41 Å². The van der Waals surface area contributed by atoms with Gasteiger partial charge in [-0.1, -0.05) is 39.0 Å². The number of aromatic nitrogens is 1. The van der Waals surface area contributed by atoms with Gasteiger partial charge in [0.1, 0.15) is 5.69 Å². The van der Waals surface area contributed by atoms with Crippen LogP contribution in [0.4, 0.5) is 10.8 Å². The van der Waals surface area contributed by atoms with Crippen molar-refractivity contribution in [3.63, 3.8) is 0 Å². The number of para-hydroxylation sites is 1. The third kappa shape index (κ3) is 3.20. The lowest BCUT2D eigenvalue weighted by Gasteiger charge is -2.22. The zero-order valence-electron chi connectivity index (χ0n) is 11.7. The van der Waals surface area contributed by atoms with E-state index < -0.39 is 0 Å². The summed E-state index contributed by atoms with van der Waals surface area (Å²) in [6.07, 6.45) is 0. The Labute approximate surface area is 117 Å². The second-order valence-electron chi connectivity index (χ2n) is 5.51. The van der Waals surface area contributed by atoms with Gasteiger partial charge in [-0.3, -0.25) is 4.79 Å². The summed E-state index contributed by atoms with van der Waals surface area (Å²) in [4.78, 5) is 15.5. The van der Waals surface area contributed by atoms with Crippen molar-refractivity contribution in [2.24, 2.45) is 0 Å². The molecule has 2 rings (SSSR count). The molecule has 3 nitrogen and oxygen atoms in total. The number of nitrogens with one attached hydrogen (secondary N) is 1. The summed E-state index contributed by atoms with van der Waals surface area (Å²) in [6, 6.07) is 8.18. The van der Waals surface area contributed by atoms with E-state index in [0.717, 1.165) is 10.8 Å². The molecule has 0 amide bonds. The molecule has 19 heavy (non-hydrogen) atoms. The number of nitrogens with zero attached hydrogens (tertiary/aromatic N) is 1. The average molecular weight is 274 g/mol. The van der Waals surface area contributed by atoms with E-state index in [1.807, 2.05) is 18.2 Å². The van der Waals surface area contributed by atoms with E-state index in [1.54, 1.807) is 5.38 Å². The van der Waals surface area contributed by atoms with Gasteiger partial charge in [0.25, 0.3) is 0 Å². The van der Waals surface area contributed by atoms with Gasteiger partial charge in [-0.25, -0.2) is 4.98 Å². The SMILES string of the molecule is CC(=O)c1csc(Nc2ccccc2C(C)(C)C)n1. The lowest BCUT2D eigenvalue weighted by Crippen LogP contribution is -2.13. The molecule has 0 radical (unpaired) electrons. The van der Waals surface area contributed by atoms with Gasteiger partial charge >= 0.3 is 0 Å². The highest BCUT2D eigenvalue weighted by molar-refractivity contribution is 7.14. The number of carbonyl (C=O) groups excluding carboxylic acids is 1. The lowest BCUT2D eigenvalue weighted by molar-refractivity contribution is 0.101. The smallest absolute Gasteiger partial charge is 0.187 e. The first kappa shape index (κ1) is 13.7. The van der Waals surface area contributed by atoms with Crippen LogP contribution in [0.2, 0.25) is 0 Å². The van der Waals surface area contributed by atoms with Crippen molar-refractivity contribution in [3.05, 3.63) is 40.9 Å². The van der Waals surface area contributed by atoms with Crippen molar-refractivity contribution >= 4 is 27.9 Å². The van der Waals surface area contributed by atoms with E-state index >= 15 is 0 Å². The molecule has 0 spiro atoms. The number of rotatable bonds is 3. The molecule has 0 fully saturated rings. The Hall–Kier alpha value is -1.68. The van der Waals surface area contributed by atoms with Gasteiger partial charge in [0.05, 0.1) is 0 Å². The van der Waals surface area contributed by atoms with Crippen LogP contribution in [0.3, 0.4) is 0 Å². The first-order valence-corrected chi connectivity index (χ1v) is 7.09. The summed E-state index contributed by atoms with van der Waals surface area (Å²) in [7, 11) is 0. The molecule has 0 aliphatic rings. The third-order valence-corrected chi connectivity index (χ3v) is 3.60. The summed E-state index contributed by atoms with van der Waals surface area (Å²) in [6.45, 7) is 8.06. The number of thiazole rings is 1. The van der Waals surface area contributed by atoms with Gasteiger partial charge in [0, 0.05) is 18.0 Å². The highest BCUT2D eigenvalue weighted by Gasteiger charge is 2.18. The molecule has 2 aromatic rings. The Morgan fingerprint density at radius 3 is 2.53 bits per heavy atom. The predicted molar refractivity (Wildman–Crippen MR) is 80.5 cm³/mol. The largest absolute Gasteiger partial charge is 0.331 e. The van der Waals surface area contributed by atoms with Crippen molar-refractivity contribution in [1.29, 1.82) is 0 Å². The average Bonchev–Trinajstić information content (AvgIpc) is 2.77. The van der Waals surface area contributed by atoms with Crippen molar-refractivity contribution in [2.45, 2.75) is 33.1 Å². The fourth-order valence-electron chi connectivity index (χ4n) is 1.85. The molecule has 1 N–H and O–H groups in total. The first-order chi connectivity index (χ1) is 8.88. The Kier molecular flexibility index (Phi) is 3.71. The van der Waals surface area contributed by atoms with Gasteiger partial charge in [-0.05, 0) is 17.0 Å². The van der Waals surface area contributed by atoms with Crippen molar-refractivity contribution in [1.82, 2.24) is 4.98 Å². The van der Waals surface area contributed by atoms with Crippen LogP contribution >= 0.6 is 11.3 Å². The number of benzene rings is 1. The minimum absolute atomic E-state index is 0.00611. The third-order valence-electron chi connectivity index (χ3n) is 2.84. The maximum absolute atomic E-state index is 11.3. The molecule has 0 saturated carbocycles. The molecule has 100 valence electrons. The Bertz CT molecular complexity index is 596. The van der Waals surface area contributed by atoms with Gasteiger partial charge in [0.2, 0.25) is 0 Å². The Balaban J connectivity index is 2.30.